The summed E-state index contributed by atoms with van der Waals surface area (Å²) in [4.78, 5) is 3.86. The number of nitrogen functional groups attached to an aromatic ring is 1. The molecule has 3 nitrogen and oxygen atoms in total. The van der Waals surface area contributed by atoms with Crippen molar-refractivity contribution in [2.75, 3.05) is 12.3 Å². The maximum Gasteiger partial charge on any atom is 0.234 e. The third-order valence-electron chi connectivity index (χ3n) is 1.26. The number of nitrogens with zero attached hydrogens (tertiary/aromatic N) is 1. The zero-order chi connectivity index (χ0) is 9.14. The predicted octanol–water partition coefficient (Wildman–Crippen LogP) is 2.37. The standard InChI is InChI=1S/C7H8Cl2N2O/c1-2-12-7-5(9)6(10)4(8)3-11-7/h3H,2H2,1H3,(H2,10,11). The normalized spacial score (nSPS) is 9.92. The SMILES string of the molecule is CCOc1ncc(Cl)c(N)c1Cl. The molecule has 0 saturated heterocycles. The highest BCUT2D eigenvalue weighted by atomic mass is 35.5. The van der Waals surface area contributed by atoms with Crippen LogP contribution in [0, 0.1) is 0 Å². The van der Waals surface area contributed by atoms with Gasteiger partial charge in [0, 0.05) is 0 Å². The summed E-state index contributed by atoms with van der Waals surface area (Å²) < 4.78 is 5.09. The fourth-order valence-electron chi connectivity index (χ4n) is 0.699. The number of aromatic nitrogens is 1. The maximum absolute atomic E-state index is 5.78. The second-order valence-corrected chi connectivity index (χ2v) is 2.86. The van der Waals surface area contributed by atoms with Crippen LogP contribution in [-0.4, -0.2) is 11.6 Å². The van der Waals surface area contributed by atoms with E-state index in [9.17, 15) is 0 Å². The second kappa shape index (κ2) is 3.83. The largest absolute Gasteiger partial charge is 0.477 e. The van der Waals surface area contributed by atoms with Gasteiger partial charge in [0.05, 0.1) is 23.5 Å². The van der Waals surface area contributed by atoms with E-state index < -0.39 is 0 Å². The minimum absolute atomic E-state index is 0.268. The minimum Gasteiger partial charge on any atom is -0.477 e. The monoisotopic (exact) mass is 206 g/mol. The number of anilines is 1. The van der Waals surface area contributed by atoms with Crippen LogP contribution in [0.3, 0.4) is 0 Å². The zero-order valence-electron chi connectivity index (χ0n) is 6.47. The van der Waals surface area contributed by atoms with Crippen LogP contribution in [0.2, 0.25) is 10.0 Å². The van der Waals surface area contributed by atoms with Crippen molar-refractivity contribution in [3.05, 3.63) is 16.2 Å². The van der Waals surface area contributed by atoms with Crippen LogP contribution in [0.15, 0.2) is 6.20 Å². The Morgan fingerprint density at radius 1 is 1.58 bits per heavy atom. The number of hydrogen-bond donors (Lipinski definition) is 1. The van der Waals surface area contributed by atoms with Gasteiger partial charge in [-0.2, -0.15) is 0 Å². The molecule has 0 spiro atoms. The molecule has 66 valence electrons. The average Bonchev–Trinajstić information content (AvgIpc) is 2.07. The van der Waals surface area contributed by atoms with Gasteiger partial charge in [-0.05, 0) is 6.92 Å². The molecule has 0 atom stereocenters. The van der Waals surface area contributed by atoms with Crippen molar-refractivity contribution < 1.29 is 4.74 Å². The van der Waals surface area contributed by atoms with Crippen molar-refractivity contribution in [1.29, 1.82) is 0 Å². The highest BCUT2D eigenvalue weighted by molar-refractivity contribution is 6.39. The Balaban J connectivity index is 3.08. The highest BCUT2D eigenvalue weighted by Crippen LogP contribution is 2.32. The van der Waals surface area contributed by atoms with Crippen LogP contribution in [0.1, 0.15) is 6.92 Å². The van der Waals surface area contributed by atoms with Gasteiger partial charge in [0.25, 0.3) is 0 Å². The molecule has 0 aliphatic carbocycles. The van der Waals surface area contributed by atoms with Gasteiger partial charge in [0.2, 0.25) is 5.88 Å². The van der Waals surface area contributed by atoms with E-state index in [1.54, 1.807) is 0 Å². The first kappa shape index (κ1) is 9.42. The molecular weight excluding hydrogens is 199 g/mol. The molecule has 1 aromatic rings. The van der Waals surface area contributed by atoms with E-state index >= 15 is 0 Å². The van der Waals surface area contributed by atoms with E-state index in [2.05, 4.69) is 4.98 Å². The highest BCUT2D eigenvalue weighted by Gasteiger charge is 2.09. The summed E-state index contributed by atoms with van der Waals surface area (Å²) in [6.07, 6.45) is 1.41. The Morgan fingerprint density at radius 2 is 2.25 bits per heavy atom. The summed E-state index contributed by atoms with van der Waals surface area (Å²) in [7, 11) is 0. The molecule has 12 heavy (non-hydrogen) atoms. The molecule has 0 unspecified atom stereocenters. The van der Waals surface area contributed by atoms with Crippen molar-refractivity contribution in [2.24, 2.45) is 0 Å². The van der Waals surface area contributed by atoms with Gasteiger partial charge >= 0.3 is 0 Å². The Labute approximate surface area is 80.4 Å². The van der Waals surface area contributed by atoms with Crippen LogP contribution in [0.4, 0.5) is 5.69 Å². The van der Waals surface area contributed by atoms with E-state index in [0.29, 0.717) is 23.2 Å². The van der Waals surface area contributed by atoms with Crippen molar-refractivity contribution in [3.63, 3.8) is 0 Å². The Kier molecular flexibility index (Phi) is 3.00. The first-order valence-corrected chi connectivity index (χ1v) is 4.14. The quantitative estimate of drug-likeness (QED) is 0.809. The summed E-state index contributed by atoms with van der Waals surface area (Å²) >= 11 is 11.4. The minimum atomic E-state index is 0.268. The summed E-state index contributed by atoms with van der Waals surface area (Å²) in [6.45, 7) is 2.33. The first-order chi connectivity index (χ1) is 5.66. The third-order valence-corrected chi connectivity index (χ3v) is 1.92. The molecule has 0 aliphatic heterocycles. The number of pyridine rings is 1. The number of hydrogen-bond acceptors (Lipinski definition) is 3. The Hall–Kier alpha value is -0.670. The molecule has 0 bridgehead atoms. The molecule has 2 N–H and O–H groups in total. The summed E-state index contributed by atoms with van der Waals surface area (Å²) in [5, 5.41) is 0.604. The zero-order valence-corrected chi connectivity index (χ0v) is 7.99. The van der Waals surface area contributed by atoms with Crippen molar-refractivity contribution in [3.8, 4) is 5.88 Å². The fraction of sp³-hybridized carbons (Fsp3) is 0.286. The van der Waals surface area contributed by atoms with Gasteiger partial charge in [0.1, 0.15) is 5.02 Å². The Bertz CT molecular complexity index is 291. The summed E-state index contributed by atoms with van der Waals surface area (Å²) in [5.74, 6) is 0.320. The van der Waals surface area contributed by atoms with Gasteiger partial charge in [-0.3, -0.25) is 0 Å². The molecule has 0 amide bonds. The Morgan fingerprint density at radius 3 is 2.83 bits per heavy atom. The molecule has 0 saturated carbocycles. The van der Waals surface area contributed by atoms with Gasteiger partial charge in [-0.1, -0.05) is 23.2 Å². The molecule has 1 aromatic heterocycles. The molecule has 0 fully saturated rings. The third kappa shape index (κ3) is 1.73. The fourth-order valence-corrected chi connectivity index (χ4v) is 1.10. The first-order valence-electron chi connectivity index (χ1n) is 3.39. The molecule has 0 radical (unpaired) electrons. The van der Waals surface area contributed by atoms with Crippen LogP contribution in [0.5, 0.6) is 5.88 Å². The molecule has 0 aromatic carbocycles. The van der Waals surface area contributed by atoms with Crippen LogP contribution >= 0.6 is 23.2 Å². The van der Waals surface area contributed by atoms with Gasteiger partial charge in [-0.15, -0.1) is 0 Å². The second-order valence-electron chi connectivity index (χ2n) is 2.07. The lowest BCUT2D eigenvalue weighted by Crippen LogP contribution is -1.98. The number of halogens is 2. The molecule has 0 aliphatic rings. The van der Waals surface area contributed by atoms with Gasteiger partial charge in [0.15, 0.2) is 0 Å². The number of ether oxygens (including phenoxy) is 1. The number of nitrogens with two attached hydrogens (primary N) is 1. The van der Waals surface area contributed by atoms with E-state index in [1.807, 2.05) is 6.92 Å². The van der Waals surface area contributed by atoms with Crippen LogP contribution in [0.25, 0.3) is 0 Å². The van der Waals surface area contributed by atoms with Crippen LogP contribution in [-0.2, 0) is 0 Å². The topological polar surface area (TPSA) is 48.1 Å². The molecule has 5 heteroatoms. The molecular formula is C7H8Cl2N2O. The molecule has 1 heterocycles. The summed E-state index contributed by atoms with van der Waals surface area (Å²) in [5.41, 5.74) is 5.83. The summed E-state index contributed by atoms with van der Waals surface area (Å²) in [6, 6.07) is 0. The van der Waals surface area contributed by atoms with E-state index in [4.69, 9.17) is 33.7 Å². The van der Waals surface area contributed by atoms with E-state index in [-0.39, 0.29) is 5.02 Å². The van der Waals surface area contributed by atoms with Crippen molar-refractivity contribution >= 4 is 28.9 Å². The maximum atomic E-state index is 5.78. The van der Waals surface area contributed by atoms with Gasteiger partial charge in [-0.25, -0.2) is 4.98 Å². The number of rotatable bonds is 2. The lowest BCUT2D eigenvalue weighted by atomic mass is 10.4. The predicted molar refractivity (Wildman–Crippen MR) is 49.8 cm³/mol. The lowest BCUT2D eigenvalue weighted by Gasteiger charge is -2.06. The molecule has 1 rings (SSSR count). The lowest BCUT2D eigenvalue weighted by molar-refractivity contribution is 0.327. The average molecular weight is 207 g/mol. The van der Waals surface area contributed by atoms with Crippen LogP contribution < -0.4 is 10.5 Å². The van der Waals surface area contributed by atoms with Crippen molar-refractivity contribution in [2.45, 2.75) is 6.92 Å². The van der Waals surface area contributed by atoms with Gasteiger partial charge < -0.3 is 10.5 Å². The van der Waals surface area contributed by atoms with E-state index in [1.165, 1.54) is 6.20 Å². The van der Waals surface area contributed by atoms with E-state index in [0.717, 1.165) is 0 Å². The smallest absolute Gasteiger partial charge is 0.234 e. The van der Waals surface area contributed by atoms with Crippen molar-refractivity contribution in [1.82, 2.24) is 4.98 Å².